The summed E-state index contributed by atoms with van der Waals surface area (Å²) in [6.07, 6.45) is 0. The second kappa shape index (κ2) is 4.21. The van der Waals surface area contributed by atoms with Crippen molar-refractivity contribution in [3.05, 3.63) is 35.4 Å². The molecule has 1 N–H and O–H groups in total. The van der Waals surface area contributed by atoms with Gasteiger partial charge in [0.2, 0.25) is 0 Å². The molecule has 0 aliphatic carbocycles. The normalized spacial score (nSPS) is 27.6. The van der Waals surface area contributed by atoms with Crippen LogP contribution in [-0.4, -0.2) is 19.8 Å². The molecule has 0 saturated carbocycles. The molecule has 1 aromatic rings. The van der Waals surface area contributed by atoms with Crippen LogP contribution >= 0.6 is 0 Å². The van der Waals surface area contributed by atoms with Gasteiger partial charge in [0.15, 0.2) is 13.9 Å². The van der Waals surface area contributed by atoms with Crippen LogP contribution < -0.4 is 5.32 Å². The van der Waals surface area contributed by atoms with Gasteiger partial charge in [-0.2, -0.15) is 0 Å². The molecular weight excluding hydrogens is 242 g/mol. The van der Waals surface area contributed by atoms with Crippen LogP contribution in [0.5, 0.6) is 0 Å². The monoisotopic (exact) mass is 263 g/mol. The smallest absolute Gasteiger partial charge is 0.253 e. The Kier molecular flexibility index (Phi) is 3.11. The predicted octanol–water partition coefficient (Wildman–Crippen LogP) is 2.78. The van der Waals surface area contributed by atoms with E-state index in [-0.39, 0.29) is 11.9 Å². The molecule has 1 fully saturated rings. The van der Waals surface area contributed by atoms with E-state index in [9.17, 15) is 4.79 Å². The number of rotatable bonds is 3. The highest BCUT2D eigenvalue weighted by Crippen LogP contribution is 2.39. The van der Waals surface area contributed by atoms with Crippen molar-refractivity contribution >= 4 is 14.2 Å². The molecule has 1 aliphatic heterocycles. The minimum Gasteiger partial charge on any atom is -0.402 e. The number of hydrogen-bond donors (Lipinski definition) is 1. The lowest BCUT2D eigenvalue weighted by atomic mass is 9.82. The number of hydrogen-bond acceptors (Lipinski definition) is 2. The van der Waals surface area contributed by atoms with Crippen molar-refractivity contribution in [3.63, 3.8) is 0 Å². The van der Waals surface area contributed by atoms with Crippen molar-refractivity contribution in [1.29, 1.82) is 0 Å². The highest BCUT2D eigenvalue weighted by atomic mass is 28.4. The Morgan fingerprint density at radius 3 is 2.22 bits per heavy atom. The van der Waals surface area contributed by atoms with E-state index in [2.05, 4.69) is 56.1 Å². The summed E-state index contributed by atoms with van der Waals surface area (Å²) in [6.45, 7) is 10.3. The maximum absolute atomic E-state index is 11.9. The number of aryl methyl sites for hydroxylation is 1. The lowest BCUT2D eigenvalue weighted by Crippen LogP contribution is -2.68. The fourth-order valence-corrected chi connectivity index (χ4v) is 3.85. The third-order valence-corrected chi connectivity index (χ3v) is 4.24. The van der Waals surface area contributed by atoms with Gasteiger partial charge in [0.25, 0.3) is 5.91 Å². The van der Waals surface area contributed by atoms with Crippen LogP contribution in [0.15, 0.2) is 24.3 Å². The molecule has 3 nitrogen and oxygen atoms in total. The molecule has 18 heavy (non-hydrogen) atoms. The zero-order chi connectivity index (χ0) is 13.6. The van der Waals surface area contributed by atoms with Crippen molar-refractivity contribution in [3.8, 4) is 0 Å². The summed E-state index contributed by atoms with van der Waals surface area (Å²) in [4.78, 5) is 11.9. The van der Waals surface area contributed by atoms with E-state index in [1.54, 1.807) is 0 Å². The van der Waals surface area contributed by atoms with Gasteiger partial charge in [0.05, 0.1) is 6.04 Å². The van der Waals surface area contributed by atoms with E-state index in [1.807, 2.05) is 6.92 Å². The Balaban J connectivity index is 2.24. The standard InChI is InChI=1S/C14H21NO2Si/c1-10-6-8-11(9-7-10)12-14(2,13(16)15-12)17-18(3,4)5/h6-9,12H,1-5H3,(H,15,16)/t12-,14+/m0/s1. The van der Waals surface area contributed by atoms with E-state index in [1.165, 1.54) is 5.56 Å². The lowest BCUT2D eigenvalue weighted by molar-refractivity contribution is -0.155. The van der Waals surface area contributed by atoms with Gasteiger partial charge >= 0.3 is 0 Å². The summed E-state index contributed by atoms with van der Waals surface area (Å²) in [5, 5.41) is 2.95. The first-order valence-corrected chi connectivity index (χ1v) is 9.71. The average molecular weight is 263 g/mol. The second-order valence-electron chi connectivity index (χ2n) is 6.14. The van der Waals surface area contributed by atoms with Gasteiger partial charge in [-0.25, -0.2) is 0 Å². The molecule has 1 aliphatic rings. The Morgan fingerprint density at radius 2 is 1.78 bits per heavy atom. The molecule has 2 rings (SSSR count). The highest BCUT2D eigenvalue weighted by Gasteiger charge is 2.54. The highest BCUT2D eigenvalue weighted by molar-refractivity contribution is 6.70. The Labute approximate surface area is 110 Å². The summed E-state index contributed by atoms with van der Waals surface area (Å²) < 4.78 is 6.10. The SMILES string of the molecule is Cc1ccc([C@@H]2NC(=O)[C@]2(C)O[Si](C)(C)C)cc1. The van der Waals surface area contributed by atoms with Gasteiger partial charge in [0.1, 0.15) is 0 Å². The van der Waals surface area contributed by atoms with E-state index in [4.69, 9.17) is 4.43 Å². The summed E-state index contributed by atoms with van der Waals surface area (Å²) in [7, 11) is -1.75. The van der Waals surface area contributed by atoms with Gasteiger partial charge < -0.3 is 9.74 Å². The number of carbonyl (C=O) groups excluding carboxylic acids is 1. The molecule has 0 aromatic heterocycles. The largest absolute Gasteiger partial charge is 0.402 e. The quantitative estimate of drug-likeness (QED) is 0.672. The van der Waals surface area contributed by atoms with Crippen molar-refractivity contribution in [2.75, 3.05) is 0 Å². The molecule has 2 atom stereocenters. The van der Waals surface area contributed by atoms with Gasteiger partial charge in [-0.05, 0) is 39.1 Å². The molecule has 98 valence electrons. The number of amides is 1. The average Bonchev–Trinajstić information content (AvgIpc) is 2.25. The maximum Gasteiger partial charge on any atom is 0.253 e. The van der Waals surface area contributed by atoms with Crippen molar-refractivity contribution in [2.24, 2.45) is 0 Å². The molecule has 0 bridgehead atoms. The molecular formula is C14H21NO2Si. The van der Waals surface area contributed by atoms with E-state index in [0.717, 1.165) is 5.56 Å². The molecule has 0 radical (unpaired) electrons. The van der Waals surface area contributed by atoms with Crippen LogP contribution in [-0.2, 0) is 9.22 Å². The van der Waals surface area contributed by atoms with Crippen LogP contribution in [0.1, 0.15) is 24.1 Å². The first-order valence-electron chi connectivity index (χ1n) is 6.30. The molecule has 0 spiro atoms. The van der Waals surface area contributed by atoms with E-state index >= 15 is 0 Å². The summed E-state index contributed by atoms with van der Waals surface area (Å²) in [6, 6.07) is 8.22. The van der Waals surface area contributed by atoms with E-state index in [0.29, 0.717) is 0 Å². The lowest BCUT2D eigenvalue weighted by Gasteiger charge is -2.49. The molecule has 0 unspecified atom stereocenters. The fraction of sp³-hybridized carbons (Fsp3) is 0.500. The molecule has 1 heterocycles. The Morgan fingerprint density at radius 1 is 1.22 bits per heavy atom. The van der Waals surface area contributed by atoms with Crippen LogP contribution in [0.4, 0.5) is 0 Å². The van der Waals surface area contributed by atoms with Crippen LogP contribution in [0, 0.1) is 6.92 Å². The van der Waals surface area contributed by atoms with Gasteiger partial charge in [0, 0.05) is 0 Å². The molecule has 4 heteroatoms. The number of carbonyl (C=O) groups is 1. The number of benzene rings is 1. The number of nitrogens with one attached hydrogen (secondary N) is 1. The zero-order valence-electron chi connectivity index (χ0n) is 11.7. The fourth-order valence-electron chi connectivity index (χ4n) is 2.37. The summed E-state index contributed by atoms with van der Waals surface area (Å²) in [5.74, 6) is -0.00417. The summed E-state index contributed by atoms with van der Waals surface area (Å²) >= 11 is 0. The second-order valence-corrected chi connectivity index (χ2v) is 10.6. The molecule has 1 amide bonds. The van der Waals surface area contributed by atoms with Gasteiger partial charge in [-0.15, -0.1) is 0 Å². The molecule has 1 saturated heterocycles. The zero-order valence-corrected chi connectivity index (χ0v) is 12.7. The first kappa shape index (κ1) is 13.3. The van der Waals surface area contributed by atoms with Gasteiger partial charge in [-0.1, -0.05) is 29.8 Å². The minimum atomic E-state index is -1.75. The van der Waals surface area contributed by atoms with Crippen LogP contribution in [0.2, 0.25) is 19.6 Å². The third-order valence-electron chi connectivity index (χ3n) is 3.21. The van der Waals surface area contributed by atoms with Crippen LogP contribution in [0.3, 0.4) is 0 Å². The topological polar surface area (TPSA) is 38.3 Å². The third kappa shape index (κ3) is 2.35. The van der Waals surface area contributed by atoms with Crippen molar-refractivity contribution in [1.82, 2.24) is 5.32 Å². The predicted molar refractivity (Wildman–Crippen MR) is 74.9 cm³/mol. The Hall–Kier alpha value is -1.13. The first-order chi connectivity index (χ1) is 8.22. The molecule has 1 aromatic carbocycles. The van der Waals surface area contributed by atoms with Crippen molar-refractivity contribution < 1.29 is 9.22 Å². The van der Waals surface area contributed by atoms with Crippen LogP contribution in [0.25, 0.3) is 0 Å². The number of β-lactam (4-membered cyclic amide) rings is 1. The minimum absolute atomic E-state index is 0.00417. The van der Waals surface area contributed by atoms with E-state index < -0.39 is 13.9 Å². The maximum atomic E-state index is 11.9. The summed E-state index contributed by atoms with van der Waals surface area (Å²) in [5.41, 5.74) is 1.62. The van der Waals surface area contributed by atoms with Crippen molar-refractivity contribution in [2.45, 2.75) is 45.1 Å². The van der Waals surface area contributed by atoms with Gasteiger partial charge in [-0.3, -0.25) is 4.79 Å². The Bertz CT molecular complexity index is 464.